The Morgan fingerprint density at radius 3 is 2.53 bits per heavy atom. The molecule has 3 heterocycles. The van der Waals surface area contributed by atoms with Crippen molar-refractivity contribution in [2.24, 2.45) is 12.0 Å². The fraction of sp³-hybridized carbons (Fsp3) is 0.364. The van der Waals surface area contributed by atoms with Gasteiger partial charge in [0.25, 0.3) is 11.6 Å². The van der Waals surface area contributed by atoms with Crippen LogP contribution in [0.1, 0.15) is 29.6 Å². The molecule has 0 radical (unpaired) electrons. The Hall–Kier alpha value is -3.40. The van der Waals surface area contributed by atoms with Gasteiger partial charge < -0.3 is 18.9 Å². The number of nitro groups is 1. The summed E-state index contributed by atoms with van der Waals surface area (Å²) in [6.45, 7) is 2.56. The average molecular weight is 455 g/mol. The first-order valence-electron chi connectivity index (χ1n) is 10.5. The molecule has 1 amide bonds. The van der Waals surface area contributed by atoms with Crippen molar-refractivity contribution in [2.75, 3.05) is 31.2 Å². The average Bonchev–Trinajstić information content (AvgIpc) is 3.11. The van der Waals surface area contributed by atoms with Crippen LogP contribution in [0.4, 0.5) is 11.4 Å². The summed E-state index contributed by atoms with van der Waals surface area (Å²) in [4.78, 5) is 31.0. The largest absolute Gasteiger partial charge is 0.486 e. The highest BCUT2D eigenvalue weighted by Crippen LogP contribution is 2.35. The topological polar surface area (TPSA) is 99.2 Å². The zero-order valence-electron chi connectivity index (χ0n) is 17.6. The van der Waals surface area contributed by atoms with E-state index in [0.717, 1.165) is 42.6 Å². The smallest absolute Gasteiger partial charge is 0.293 e. The van der Waals surface area contributed by atoms with Crippen LogP contribution in [-0.4, -0.2) is 41.7 Å². The maximum absolute atomic E-state index is 12.9. The number of benzene rings is 2. The summed E-state index contributed by atoms with van der Waals surface area (Å²) in [6.07, 6.45) is 3.15. The molecule has 10 heteroatoms. The van der Waals surface area contributed by atoms with Gasteiger partial charge in [0.2, 0.25) is 0 Å². The van der Waals surface area contributed by atoms with Crippen LogP contribution in [0.5, 0.6) is 11.5 Å². The van der Waals surface area contributed by atoms with Crippen LogP contribution in [0.2, 0.25) is 0 Å². The third kappa shape index (κ3) is 3.70. The van der Waals surface area contributed by atoms with Gasteiger partial charge in [0.15, 0.2) is 16.3 Å². The quantitative estimate of drug-likeness (QED) is 0.442. The third-order valence-corrected chi connectivity index (χ3v) is 6.88. The van der Waals surface area contributed by atoms with E-state index in [1.54, 1.807) is 12.1 Å². The van der Waals surface area contributed by atoms with E-state index in [0.29, 0.717) is 35.2 Å². The molecule has 5 rings (SSSR count). The number of anilines is 1. The number of piperidine rings is 1. The van der Waals surface area contributed by atoms with Gasteiger partial charge in [-0.3, -0.25) is 14.9 Å². The first-order valence-corrected chi connectivity index (χ1v) is 11.3. The van der Waals surface area contributed by atoms with Crippen molar-refractivity contribution in [3.8, 4) is 11.5 Å². The van der Waals surface area contributed by atoms with Crippen LogP contribution in [0.3, 0.4) is 0 Å². The highest BCUT2D eigenvalue weighted by atomic mass is 32.1. The van der Waals surface area contributed by atoms with Crippen molar-refractivity contribution in [1.29, 1.82) is 0 Å². The molecular formula is C22H22N4O5S. The van der Waals surface area contributed by atoms with Crippen molar-refractivity contribution in [1.82, 2.24) is 4.57 Å². The highest BCUT2D eigenvalue weighted by molar-refractivity contribution is 7.16. The van der Waals surface area contributed by atoms with Crippen LogP contribution in [0, 0.1) is 10.1 Å². The van der Waals surface area contributed by atoms with Gasteiger partial charge >= 0.3 is 0 Å². The van der Waals surface area contributed by atoms with Crippen LogP contribution in [-0.2, 0) is 7.05 Å². The Kier molecular flexibility index (Phi) is 5.30. The number of hydrogen-bond acceptors (Lipinski definition) is 7. The van der Waals surface area contributed by atoms with Gasteiger partial charge in [0, 0.05) is 43.9 Å². The molecule has 0 aliphatic carbocycles. The molecule has 32 heavy (non-hydrogen) atoms. The number of fused-ring (bicyclic) bond motifs is 2. The lowest BCUT2D eigenvalue weighted by Gasteiger charge is -2.28. The monoisotopic (exact) mass is 454 g/mol. The molecule has 9 nitrogen and oxygen atoms in total. The number of carbonyl (C=O) groups excluding carboxylic acids is 1. The Labute approximate surface area is 187 Å². The van der Waals surface area contributed by atoms with E-state index in [4.69, 9.17) is 9.47 Å². The maximum Gasteiger partial charge on any atom is 0.293 e. The highest BCUT2D eigenvalue weighted by Gasteiger charge is 2.23. The van der Waals surface area contributed by atoms with Crippen molar-refractivity contribution >= 4 is 38.8 Å². The molecule has 2 aliphatic heterocycles. The molecule has 0 saturated carbocycles. The summed E-state index contributed by atoms with van der Waals surface area (Å²) >= 11 is 1.35. The standard InChI is InChI=1S/C22H22N4O5S/c1-24-17-12-18-19(31-10-9-30-18)13-20(17)32-22(24)23-21(27)14-5-6-15(16(11-14)26(28)29)25-7-3-2-4-8-25/h5-6,11-13H,2-4,7-10H2,1H3. The summed E-state index contributed by atoms with van der Waals surface area (Å²) in [5.41, 5.74) is 1.57. The molecule has 0 bridgehead atoms. The Morgan fingerprint density at radius 2 is 1.81 bits per heavy atom. The van der Waals surface area contributed by atoms with E-state index in [-0.39, 0.29) is 11.3 Å². The second-order valence-electron chi connectivity index (χ2n) is 7.83. The molecule has 1 aromatic heterocycles. The lowest BCUT2D eigenvalue weighted by Crippen LogP contribution is -2.30. The number of aryl methyl sites for hydroxylation is 1. The molecular weight excluding hydrogens is 432 g/mol. The van der Waals surface area contributed by atoms with Gasteiger partial charge in [-0.15, -0.1) is 0 Å². The Balaban J connectivity index is 1.51. The van der Waals surface area contributed by atoms with E-state index in [1.807, 2.05) is 28.6 Å². The molecule has 1 fully saturated rings. The number of rotatable bonds is 3. The maximum atomic E-state index is 12.9. The number of ether oxygens (including phenoxy) is 2. The Bertz CT molecular complexity index is 1290. The summed E-state index contributed by atoms with van der Waals surface area (Å²) in [5, 5.41) is 11.7. The summed E-state index contributed by atoms with van der Waals surface area (Å²) in [7, 11) is 1.82. The van der Waals surface area contributed by atoms with Crippen LogP contribution in [0.25, 0.3) is 10.2 Å². The van der Waals surface area contributed by atoms with E-state index in [9.17, 15) is 14.9 Å². The first-order chi connectivity index (χ1) is 15.5. The number of nitrogens with zero attached hydrogens (tertiary/aromatic N) is 4. The van der Waals surface area contributed by atoms with Gasteiger partial charge in [0.1, 0.15) is 18.9 Å². The second kappa shape index (κ2) is 8.27. The zero-order valence-corrected chi connectivity index (χ0v) is 18.4. The number of nitro benzene ring substituents is 1. The minimum absolute atomic E-state index is 0.0596. The fourth-order valence-electron chi connectivity index (χ4n) is 4.13. The predicted molar refractivity (Wildman–Crippen MR) is 121 cm³/mol. The van der Waals surface area contributed by atoms with E-state index in [1.165, 1.54) is 17.4 Å². The summed E-state index contributed by atoms with van der Waals surface area (Å²) < 4.78 is 14.0. The minimum atomic E-state index is -0.516. The van der Waals surface area contributed by atoms with Crippen LogP contribution in [0.15, 0.2) is 35.3 Å². The molecule has 0 spiro atoms. The van der Waals surface area contributed by atoms with Crippen LogP contribution < -0.4 is 19.2 Å². The molecule has 0 atom stereocenters. The summed E-state index contributed by atoms with van der Waals surface area (Å²) in [5.74, 6) is 0.823. The number of thiazole rings is 1. The van der Waals surface area contributed by atoms with Gasteiger partial charge in [-0.1, -0.05) is 11.3 Å². The lowest BCUT2D eigenvalue weighted by molar-refractivity contribution is -0.384. The molecule has 3 aromatic rings. The van der Waals surface area contributed by atoms with Crippen molar-refractivity contribution < 1.29 is 19.2 Å². The third-order valence-electron chi connectivity index (χ3n) is 5.79. The van der Waals surface area contributed by atoms with Crippen molar-refractivity contribution in [3.63, 3.8) is 0 Å². The van der Waals surface area contributed by atoms with E-state index >= 15 is 0 Å². The van der Waals surface area contributed by atoms with Crippen molar-refractivity contribution in [2.45, 2.75) is 19.3 Å². The van der Waals surface area contributed by atoms with E-state index < -0.39 is 10.8 Å². The number of hydrogen-bond donors (Lipinski definition) is 0. The van der Waals surface area contributed by atoms with Gasteiger partial charge in [0.05, 0.1) is 15.1 Å². The van der Waals surface area contributed by atoms with E-state index in [2.05, 4.69) is 4.99 Å². The molecule has 0 unspecified atom stereocenters. The molecule has 166 valence electrons. The van der Waals surface area contributed by atoms with Crippen molar-refractivity contribution in [3.05, 3.63) is 50.8 Å². The molecule has 2 aliphatic rings. The van der Waals surface area contributed by atoms with Crippen LogP contribution >= 0.6 is 11.3 Å². The molecule has 1 saturated heterocycles. The summed E-state index contributed by atoms with van der Waals surface area (Å²) in [6, 6.07) is 8.39. The minimum Gasteiger partial charge on any atom is -0.486 e. The first kappa shape index (κ1) is 20.5. The molecule has 2 aromatic carbocycles. The number of aromatic nitrogens is 1. The molecule has 0 N–H and O–H groups in total. The predicted octanol–water partition coefficient (Wildman–Crippen LogP) is 3.65. The Morgan fingerprint density at radius 1 is 1.09 bits per heavy atom. The zero-order chi connectivity index (χ0) is 22.2. The van der Waals surface area contributed by atoms with Gasteiger partial charge in [-0.05, 0) is 31.4 Å². The number of amides is 1. The normalized spacial score (nSPS) is 16.4. The SMILES string of the molecule is Cn1c(=NC(=O)c2ccc(N3CCCCC3)c([N+](=O)[O-])c2)sc2cc3c(cc21)OCCO3. The lowest BCUT2D eigenvalue weighted by atomic mass is 10.1. The van der Waals surface area contributed by atoms with Gasteiger partial charge in [-0.25, -0.2) is 0 Å². The fourth-order valence-corrected chi connectivity index (χ4v) is 5.15. The number of carbonyl (C=O) groups is 1. The van der Waals surface area contributed by atoms with Gasteiger partial charge in [-0.2, -0.15) is 4.99 Å². The second-order valence-corrected chi connectivity index (χ2v) is 8.84.